The van der Waals surface area contributed by atoms with Gasteiger partial charge in [0.25, 0.3) is 0 Å². The van der Waals surface area contributed by atoms with E-state index in [9.17, 15) is 4.79 Å². The first-order valence-electron chi connectivity index (χ1n) is 7.39. The number of rotatable bonds is 4. The van der Waals surface area contributed by atoms with Crippen molar-refractivity contribution < 1.29 is 4.79 Å². The Hall–Kier alpha value is -0.520. The van der Waals surface area contributed by atoms with Gasteiger partial charge in [0.2, 0.25) is 5.91 Å². The molecule has 3 rings (SSSR count). The third kappa shape index (κ3) is 2.40. The van der Waals surface area contributed by atoms with Crippen LogP contribution in [0.2, 0.25) is 0 Å². The van der Waals surface area contributed by atoms with Crippen molar-refractivity contribution in [2.75, 3.05) is 6.26 Å². The molecule has 1 amide bonds. The van der Waals surface area contributed by atoms with Crippen LogP contribution >= 0.6 is 23.1 Å². The van der Waals surface area contributed by atoms with Crippen LogP contribution in [0.25, 0.3) is 0 Å². The summed E-state index contributed by atoms with van der Waals surface area (Å²) in [5.74, 6) is 0.301. The molecule has 1 saturated heterocycles. The highest BCUT2D eigenvalue weighted by Crippen LogP contribution is 2.39. The number of nitrogens with zero attached hydrogens (tertiary/aromatic N) is 1. The number of thioether (sulfide) groups is 1. The molecular formula is C15H22N2OS2. The molecule has 0 bridgehead atoms. The molecule has 2 fully saturated rings. The molecule has 0 spiro atoms. The number of amides is 1. The average Bonchev–Trinajstić information content (AvgIpc) is 3.17. The van der Waals surface area contributed by atoms with Crippen molar-refractivity contribution in [2.45, 2.75) is 56.1 Å². The summed E-state index contributed by atoms with van der Waals surface area (Å²) in [4.78, 5) is 14.9. The van der Waals surface area contributed by atoms with Crippen molar-refractivity contribution >= 4 is 29.0 Å². The number of thiophene rings is 1. The Labute approximate surface area is 129 Å². The lowest BCUT2D eigenvalue weighted by molar-refractivity contribution is -0.132. The zero-order chi connectivity index (χ0) is 14.1. The molecule has 110 valence electrons. The lowest BCUT2D eigenvalue weighted by Crippen LogP contribution is -2.43. The normalized spacial score (nSPS) is 34.1. The van der Waals surface area contributed by atoms with Gasteiger partial charge in [-0.05, 0) is 47.9 Å². The molecule has 3 nitrogen and oxygen atoms in total. The van der Waals surface area contributed by atoms with E-state index in [0.717, 1.165) is 12.8 Å². The van der Waals surface area contributed by atoms with Gasteiger partial charge in [-0.3, -0.25) is 10.1 Å². The van der Waals surface area contributed by atoms with Gasteiger partial charge in [0.1, 0.15) is 6.17 Å². The second-order valence-electron chi connectivity index (χ2n) is 5.60. The molecule has 4 unspecified atom stereocenters. The highest BCUT2D eigenvalue weighted by atomic mass is 32.2. The second kappa shape index (κ2) is 6.08. The molecule has 1 aromatic heterocycles. The predicted octanol–water partition coefficient (Wildman–Crippen LogP) is 3.24. The number of carbonyl (C=O) groups is 1. The third-order valence-electron chi connectivity index (χ3n) is 4.53. The van der Waals surface area contributed by atoms with Crippen molar-refractivity contribution in [1.82, 2.24) is 10.2 Å². The fraction of sp³-hybridized carbons (Fsp3) is 0.667. The van der Waals surface area contributed by atoms with Crippen LogP contribution < -0.4 is 5.32 Å². The van der Waals surface area contributed by atoms with E-state index in [0.29, 0.717) is 17.2 Å². The molecule has 1 aromatic rings. The van der Waals surface area contributed by atoms with E-state index >= 15 is 0 Å². The summed E-state index contributed by atoms with van der Waals surface area (Å²) in [5.41, 5.74) is 1.24. The highest BCUT2D eigenvalue weighted by Gasteiger charge is 2.45. The molecule has 1 aliphatic heterocycles. The van der Waals surface area contributed by atoms with Crippen LogP contribution in [0, 0.1) is 0 Å². The van der Waals surface area contributed by atoms with Gasteiger partial charge >= 0.3 is 0 Å². The molecule has 4 atom stereocenters. The Bertz CT molecular complexity index is 462. The first-order valence-corrected chi connectivity index (χ1v) is 9.62. The number of carbonyl (C=O) groups excluding carboxylic acids is 1. The standard InChI is InChI=1S/C15H22N2OS2/c1-3-11-15(18)17(12-5-4-6-13(12)19-2)14(16-11)10-7-8-20-9-10/h7-9,11-14,16H,3-6H2,1-2H3. The maximum Gasteiger partial charge on any atom is 0.241 e. The summed E-state index contributed by atoms with van der Waals surface area (Å²) in [6.45, 7) is 2.09. The first kappa shape index (κ1) is 14.4. The topological polar surface area (TPSA) is 32.3 Å². The van der Waals surface area contributed by atoms with Gasteiger partial charge in [-0.2, -0.15) is 23.1 Å². The fourth-order valence-corrected chi connectivity index (χ4v) is 5.15. The largest absolute Gasteiger partial charge is 0.317 e. The lowest BCUT2D eigenvalue weighted by Gasteiger charge is -2.33. The minimum atomic E-state index is -0.0111. The van der Waals surface area contributed by atoms with Crippen LogP contribution in [0.3, 0.4) is 0 Å². The van der Waals surface area contributed by atoms with Gasteiger partial charge in [0, 0.05) is 11.3 Å². The Kier molecular flexibility index (Phi) is 4.38. The summed E-state index contributed by atoms with van der Waals surface area (Å²) >= 11 is 3.62. The van der Waals surface area contributed by atoms with Crippen LogP contribution in [0.15, 0.2) is 16.8 Å². The Balaban J connectivity index is 1.89. The molecule has 5 heteroatoms. The molecule has 0 radical (unpaired) electrons. The van der Waals surface area contributed by atoms with Crippen LogP contribution in [0.1, 0.15) is 44.3 Å². The monoisotopic (exact) mass is 310 g/mol. The van der Waals surface area contributed by atoms with Crippen LogP contribution in [-0.4, -0.2) is 34.4 Å². The number of hydrogen-bond donors (Lipinski definition) is 1. The minimum Gasteiger partial charge on any atom is -0.317 e. The van der Waals surface area contributed by atoms with E-state index in [1.807, 2.05) is 11.8 Å². The molecule has 1 saturated carbocycles. The number of nitrogens with one attached hydrogen (secondary N) is 1. The molecule has 2 aliphatic rings. The van der Waals surface area contributed by atoms with Gasteiger partial charge in [0.15, 0.2) is 0 Å². The Morgan fingerprint density at radius 2 is 2.35 bits per heavy atom. The van der Waals surface area contributed by atoms with Crippen LogP contribution in [0.4, 0.5) is 0 Å². The number of hydrogen-bond acceptors (Lipinski definition) is 4. The second-order valence-corrected chi connectivity index (χ2v) is 7.46. The summed E-state index contributed by atoms with van der Waals surface area (Å²) in [6.07, 6.45) is 6.75. The van der Waals surface area contributed by atoms with Gasteiger partial charge in [-0.15, -0.1) is 0 Å². The molecule has 1 aliphatic carbocycles. The van der Waals surface area contributed by atoms with Crippen molar-refractivity contribution in [1.29, 1.82) is 0 Å². The van der Waals surface area contributed by atoms with Crippen molar-refractivity contribution in [3.8, 4) is 0 Å². The Morgan fingerprint density at radius 3 is 3.00 bits per heavy atom. The lowest BCUT2D eigenvalue weighted by atomic mass is 10.1. The fourth-order valence-electron chi connectivity index (χ4n) is 3.48. The molecule has 2 heterocycles. The molecule has 1 N–H and O–H groups in total. The summed E-state index contributed by atoms with van der Waals surface area (Å²) in [5, 5.41) is 8.40. The minimum absolute atomic E-state index is 0.0111. The SMILES string of the molecule is CCC1NC(c2ccsc2)N(C2CCCC2SC)C1=O. The van der Waals surface area contributed by atoms with Crippen molar-refractivity contribution in [3.05, 3.63) is 22.4 Å². The molecule has 0 aromatic carbocycles. The smallest absolute Gasteiger partial charge is 0.241 e. The summed E-state index contributed by atoms with van der Waals surface area (Å²) < 4.78 is 0. The van der Waals surface area contributed by atoms with E-state index < -0.39 is 0 Å². The van der Waals surface area contributed by atoms with E-state index in [-0.39, 0.29) is 12.2 Å². The molecular weight excluding hydrogens is 288 g/mol. The van der Waals surface area contributed by atoms with Crippen molar-refractivity contribution in [3.63, 3.8) is 0 Å². The third-order valence-corrected chi connectivity index (χ3v) is 6.39. The maximum atomic E-state index is 12.7. The first-order chi connectivity index (χ1) is 9.76. The van der Waals surface area contributed by atoms with E-state index in [2.05, 4.69) is 40.2 Å². The van der Waals surface area contributed by atoms with Gasteiger partial charge in [-0.25, -0.2) is 0 Å². The van der Waals surface area contributed by atoms with Crippen molar-refractivity contribution in [2.24, 2.45) is 0 Å². The zero-order valence-electron chi connectivity index (χ0n) is 12.0. The zero-order valence-corrected chi connectivity index (χ0v) is 13.7. The predicted molar refractivity (Wildman–Crippen MR) is 86.1 cm³/mol. The van der Waals surface area contributed by atoms with Gasteiger partial charge in [-0.1, -0.05) is 13.3 Å². The van der Waals surface area contributed by atoms with Gasteiger partial charge in [0.05, 0.1) is 6.04 Å². The van der Waals surface area contributed by atoms with E-state index in [1.54, 1.807) is 11.3 Å². The van der Waals surface area contributed by atoms with Gasteiger partial charge < -0.3 is 4.90 Å². The summed E-state index contributed by atoms with van der Waals surface area (Å²) in [7, 11) is 0. The van der Waals surface area contributed by atoms with E-state index in [4.69, 9.17) is 0 Å². The van der Waals surface area contributed by atoms with Crippen LogP contribution in [0.5, 0.6) is 0 Å². The average molecular weight is 310 g/mol. The van der Waals surface area contributed by atoms with E-state index in [1.165, 1.54) is 18.4 Å². The summed E-state index contributed by atoms with van der Waals surface area (Å²) in [6, 6.07) is 2.53. The maximum absolute atomic E-state index is 12.7. The highest BCUT2D eigenvalue weighted by molar-refractivity contribution is 7.99. The molecule has 20 heavy (non-hydrogen) atoms. The quantitative estimate of drug-likeness (QED) is 0.926. The van der Waals surface area contributed by atoms with Crippen LogP contribution in [-0.2, 0) is 4.79 Å². The Morgan fingerprint density at radius 1 is 1.50 bits per heavy atom.